The minimum Gasteiger partial charge on any atom is -0.308 e. The summed E-state index contributed by atoms with van der Waals surface area (Å²) in [6.45, 7) is 0. The van der Waals surface area contributed by atoms with Crippen molar-refractivity contribution >= 4 is 84.8 Å². The highest BCUT2D eigenvalue weighted by Gasteiger charge is 2.25. The molecule has 0 fully saturated rings. The first-order valence-corrected chi connectivity index (χ1v) is 24.9. The van der Waals surface area contributed by atoms with Gasteiger partial charge in [0.25, 0.3) is 0 Å². The van der Waals surface area contributed by atoms with E-state index in [0.717, 1.165) is 50.2 Å². The predicted molar refractivity (Wildman–Crippen MR) is 292 cm³/mol. The quantitative estimate of drug-likeness (QED) is 0.173. The van der Waals surface area contributed by atoms with Gasteiger partial charge in [0.1, 0.15) is 0 Å². The molecule has 69 heavy (non-hydrogen) atoms. The summed E-state index contributed by atoms with van der Waals surface area (Å²) < 4.78 is 7.60. The number of thiophene rings is 2. The molecule has 0 radical (unpaired) electrons. The van der Waals surface area contributed by atoms with Crippen molar-refractivity contribution in [2.75, 3.05) is 0 Å². The largest absolute Gasteiger partial charge is 0.308 e. The van der Waals surface area contributed by atoms with Crippen LogP contribution < -0.4 is 0 Å². The molecule has 1 aliphatic rings. The van der Waals surface area contributed by atoms with Crippen LogP contribution in [0.15, 0.2) is 218 Å². The summed E-state index contributed by atoms with van der Waals surface area (Å²) in [7, 11) is 0. The number of hydrogen-bond donors (Lipinski definition) is 0. The van der Waals surface area contributed by atoms with E-state index in [2.05, 4.69) is 205 Å². The number of nitrogens with zero attached hydrogens (tertiary/aromatic N) is 4. The molecule has 0 bridgehead atoms. The molecule has 0 atom stereocenters. The smallest absolute Gasteiger partial charge is 0.164 e. The second-order valence-electron chi connectivity index (χ2n) is 17.9. The minimum atomic E-state index is 0.618. The molecule has 1 aliphatic heterocycles. The van der Waals surface area contributed by atoms with Crippen molar-refractivity contribution in [2.24, 2.45) is 0 Å². The van der Waals surface area contributed by atoms with Crippen molar-refractivity contribution < 1.29 is 0 Å². The van der Waals surface area contributed by atoms with Crippen molar-refractivity contribution in [1.29, 1.82) is 0 Å². The lowest BCUT2D eigenvalue weighted by Gasteiger charge is -2.15. The molecule has 0 N–H and O–H groups in total. The zero-order chi connectivity index (χ0) is 45.2. The third-order valence-electron chi connectivity index (χ3n) is 14.0. The summed E-state index contributed by atoms with van der Waals surface area (Å²) >= 11 is 3.69. The van der Waals surface area contributed by atoms with Crippen molar-refractivity contribution in [3.05, 3.63) is 218 Å². The van der Waals surface area contributed by atoms with E-state index in [1.807, 2.05) is 40.9 Å². The Morgan fingerprint density at radius 2 is 0.768 bits per heavy atom. The van der Waals surface area contributed by atoms with Gasteiger partial charge in [0.15, 0.2) is 17.5 Å². The Morgan fingerprint density at radius 3 is 1.45 bits per heavy atom. The normalized spacial score (nSPS) is 12.1. The van der Waals surface area contributed by atoms with Gasteiger partial charge in [-0.2, -0.15) is 0 Å². The lowest BCUT2D eigenvalue weighted by atomic mass is 9.92. The molecule has 0 aliphatic carbocycles. The van der Waals surface area contributed by atoms with Crippen molar-refractivity contribution in [3.8, 4) is 84.4 Å². The fourth-order valence-electron chi connectivity index (χ4n) is 10.8. The molecule has 10 aromatic carbocycles. The second kappa shape index (κ2) is 15.0. The molecule has 14 aromatic rings. The van der Waals surface area contributed by atoms with Crippen LogP contribution in [0, 0.1) is 0 Å². The third kappa shape index (κ3) is 6.03. The van der Waals surface area contributed by atoms with E-state index in [-0.39, 0.29) is 0 Å². The van der Waals surface area contributed by atoms with Crippen molar-refractivity contribution in [2.45, 2.75) is 0 Å². The van der Waals surface area contributed by atoms with E-state index >= 15 is 0 Å². The van der Waals surface area contributed by atoms with Crippen LogP contribution in [0.4, 0.5) is 0 Å². The molecule has 6 heteroatoms. The topological polar surface area (TPSA) is 43.6 Å². The number of aromatic nitrogens is 4. The number of benzene rings is 10. The van der Waals surface area contributed by atoms with Gasteiger partial charge in [-0.15, -0.1) is 22.7 Å². The number of para-hydroxylation sites is 2. The monoisotopic (exact) mass is 912 g/mol. The predicted octanol–water partition coefficient (Wildman–Crippen LogP) is 17.7. The molecule has 4 aromatic heterocycles. The van der Waals surface area contributed by atoms with Crippen molar-refractivity contribution in [1.82, 2.24) is 19.5 Å². The van der Waals surface area contributed by atoms with Crippen LogP contribution in [-0.2, 0) is 0 Å². The molecule has 4 nitrogen and oxygen atoms in total. The highest BCUT2D eigenvalue weighted by atomic mass is 32.1. The minimum absolute atomic E-state index is 0.618. The summed E-state index contributed by atoms with van der Waals surface area (Å²) in [6, 6.07) is 79.3. The van der Waals surface area contributed by atoms with Crippen LogP contribution in [0.25, 0.3) is 147 Å². The molecule has 15 rings (SSSR count). The molecule has 5 heterocycles. The zero-order valence-corrected chi connectivity index (χ0v) is 38.5. The molecule has 0 saturated carbocycles. The Kier molecular flexibility index (Phi) is 8.37. The van der Waals surface area contributed by atoms with Gasteiger partial charge in [0.05, 0.1) is 16.7 Å². The maximum Gasteiger partial charge on any atom is 0.164 e. The first kappa shape index (κ1) is 38.5. The van der Waals surface area contributed by atoms with E-state index < -0.39 is 0 Å². The van der Waals surface area contributed by atoms with E-state index in [4.69, 9.17) is 15.0 Å². The Balaban J connectivity index is 0.960. The van der Waals surface area contributed by atoms with Crippen LogP contribution in [0.5, 0.6) is 0 Å². The van der Waals surface area contributed by atoms with Crippen molar-refractivity contribution in [3.63, 3.8) is 0 Å². The van der Waals surface area contributed by atoms with Gasteiger partial charge in [0, 0.05) is 78.9 Å². The average molecular weight is 913 g/mol. The SMILES string of the molecule is c1ccc(-c2nc(-c3cc(-c4ccc5sc6ccccc6c5c4)cc(-c4ccc5sc6ccccc6c5c4)c3)nc(-c3ccc4c(c3)-c3ccccc3-c3cccc5c6ccccc6n-4c35)n2)cc1. The zero-order valence-electron chi connectivity index (χ0n) is 36.9. The highest BCUT2D eigenvalue weighted by Crippen LogP contribution is 2.48. The highest BCUT2D eigenvalue weighted by molar-refractivity contribution is 7.26. The van der Waals surface area contributed by atoms with Crippen LogP contribution in [0.3, 0.4) is 0 Å². The summed E-state index contributed by atoms with van der Waals surface area (Å²) in [4.78, 5) is 16.1. The molecule has 0 saturated heterocycles. The summed E-state index contributed by atoms with van der Waals surface area (Å²) in [6.07, 6.45) is 0. The average Bonchev–Trinajstić information content (AvgIpc) is 4.07. The van der Waals surface area contributed by atoms with E-state index in [1.54, 1.807) is 0 Å². The fourth-order valence-corrected chi connectivity index (χ4v) is 12.9. The van der Waals surface area contributed by atoms with Gasteiger partial charge < -0.3 is 4.57 Å². The first-order chi connectivity index (χ1) is 34.2. The Labute approximate surface area is 404 Å². The molecular formula is C63H36N4S2. The molecular weight excluding hydrogens is 877 g/mol. The van der Waals surface area contributed by atoms with E-state index in [9.17, 15) is 0 Å². The molecule has 0 amide bonds. The molecule has 0 spiro atoms. The number of fused-ring (bicyclic) bond motifs is 14. The summed E-state index contributed by atoms with van der Waals surface area (Å²) in [5, 5.41) is 7.58. The number of hydrogen-bond acceptors (Lipinski definition) is 5. The van der Waals surface area contributed by atoms with E-state index in [0.29, 0.717) is 17.5 Å². The summed E-state index contributed by atoms with van der Waals surface area (Å²) in [5.74, 6) is 1.86. The van der Waals surface area contributed by atoms with Gasteiger partial charge in [-0.05, 0) is 112 Å². The van der Waals surface area contributed by atoms with Crippen LogP contribution in [0.1, 0.15) is 0 Å². The van der Waals surface area contributed by atoms with Gasteiger partial charge in [-0.25, -0.2) is 15.0 Å². The van der Waals surface area contributed by atoms with Gasteiger partial charge in [-0.1, -0.05) is 140 Å². The van der Waals surface area contributed by atoms with Crippen LogP contribution in [0.2, 0.25) is 0 Å². The molecule has 0 unspecified atom stereocenters. The Morgan fingerprint density at radius 1 is 0.275 bits per heavy atom. The first-order valence-electron chi connectivity index (χ1n) is 23.2. The standard InChI is InChI=1S/C63H36N4S2/c1-2-13-37(14-3-1)61-64-62(40-25-28-55-51(36-40)45-16-5-4-15-44(45)49-20-12-21-50-46-17-6-9-22-54(46)67(55)60(49)50)66-63(65-61)43-32-41(38-26-29-58-52(34-38)47-18-7-10-23-56(47)68-58)31-42(33-43)39-27-30-59-53(35-39)48-19-8-11-24-57(48)69-59/h1-36H. The second-order valence-corrected chi connectivity index (χ2v) is 20.1. The van der Waals surface area contributed by atoms with E-state index in [1.165, 1.54) is 78.8 Å². The lowest BCUT2D eigenvalue weighted by Crippen LogP contribution is -2.02. The lowest BCUT2D eigenvalue weighted by molar-refractivity contribution is 1.07. The Hall–Kier alpha value is -8.55. The maximum absolute atomic E-state index is 5.45. The Bertz CT molecular complexity index is 4310. The maximum atomic E-state index is 5.45. The van der Waals surface area contributed by atoms with Gasteiger partial charge >= 0.3 is 0 Å². The summed E-state index contributed by atoms with van der Waals surface area (Å²) in [5.41, 5.74) is 15.5. The van der Waals surface area contributed by atoms with Gasteiger partial charge in [-0.3, -0.25) is 0 Å². The van der Waals surface area contributed by atoms with Gasteiger partial charge in [0.2, 0.25) is 0 Å². The van der Waals surface area contributed by atoms with Crippen LogP contribution >= 0.6 is 22.7 Å². The number of rotatable bonds is 5. The molecule has 320 valence electrons. The fraction of sp³-hybridized carbons (Fsp3) is 0. The third-order valence-corrected chi connectivity index (χ3v) is 16.3. The van der Waals surface area contributed by atoms with Crippen LogP contribution in [-0.4, -0.2) is 19.5 Å².